The second kappa shape index (κ2) is 9.75. The lowest BCUT2D eigenvalue weighted by atomic mass is 10.0. The highest BCUT2D eigenvalue weighted by Gasteiger charge is 2.20. The van der Waals surface area contributed by atoms with Crippen molar-refractivity contribution in [1.29, 1.82) is 0 Å². The Balaban J connectivity index is 1.67. The third-order valence-corrected chi connectivity index (χ3v) is 6.26. The van der Waals surface area contributed by atoms with Gasteiger partial charge in [-0.2, -0.15) is 5.10 Å². The number of hydrogen-bond acceptors (Lipinski definition) is 7. The normalized spacial score (nSPS) is 11.0. The van der Waals surface area contributed by atoms with Crippen LogP contribution in [-0.4, -0.2) is 24.7 Å². The third kappa shape index (κ3) is 5.25. The quantitative estimate of drug-likeness (QED) is 0.213. The minimum absolute atomic E-state index is 0.00810. The van der Waals surface area contributed by atoms with Gasteiger partial charge >= 0.3 is 5.82 Å². The van der Waals surface area contributed by atoms with Gasteiger partial charge in [-0.25, -0.2) is 9.37 Å². The topological polar surface area (TPSA) is 96.0 Å². The fourth-order valence-corrected chi connectivity index (χ4v) is 4.68. The summed E-state index contributed by atoms with van der Waals surface area (Å²) in [4.78, 5) is 20.2. The van der Waals surface area contributed by atoms with Gasteiger partial charge < -0.3 is 14.9 Å². The van der Waals surface area contributed by atoms with Gasteiger partial charge in [-0.15, -0.1) is 11.3 Å². The molecule has 0 fully saturated rings. The SMILES string of the molecule is CCn1cc(Cc2sc(C)nc2-c2ccc(F)cc2COc2cc(Br)cnc2[N+](=O)[O-])cn1. The lowest BCUT2D eigenvalue weighted by Crippen LogP contribution is -2.03. The van der Waals surface area contributed by atoms with Crippen LogP contribution in [0, 0.1) is 22.9 Å². The Morgan fingerprint density at radius 1 is 1.30 bits per heavy atom. The molecular weight excluding hydrogens is 513 g/mol. The van der Waals surface area contributed by atoms with E-state index in [1.807, 2.05) is 30.9 Å². The molecule has 170 valence electrons. The van der Waals surface area contributed by atoms with E-state index in [9.17, 15) is 14.5 Å². The molecule has 0 unspecified atom stereocenters. The maximum Gasteiger partial charge on any atom is 0.406 e. The average Bonchev–Trinajstić information content (AvgIpc) is 3.38. The summed E-state index contributed by atoms with van der Waals surface area (Å²) in [5.74, 6) is -0.850. The number of hydrogen-bond donors (Lipinski definition) is 0. The number of aromatic nitrogens is 4. The molecular formula is C22H19BrFN5O3S. The Morgan fingerprint density at radius 2 is 2.12 bits per heavy atom. The Hall–Kier alpha value is -3.18. The van der Waals surface area contributed by atoms with Crippen LogP contribution in [0.5, 0.6) is 5.75 Å². The van der Waals surface area contributed by atoms with Crippen LogP contribution in [-0.2, 0) is 19.6 Å². The summed E-state index contributed by atoms with van der Waals surface area (Å²) in [6.45, 7) is 4.64. The molecule has 0 aliphatic rings. The summed E-state index contributed by atoms with van der Waals surface area (Å²) < 4.78 is 22.3. The first kappa shape index (κ1) is 23.0. The van der Waals surface area contributed by atoms with Crippen LogP contribution in [0.15, 0.2) is 47.3 Å². The molecule has 4 rings (SSSR count). The first-order valence-corrected chi connectivity index (χ1v) is 11.6. The largest absolute Gasteiger partial charge is 0.481 e. The monoisotopic (exact) mass is 531 g/mol. The first-order valence-electron chi connectivity index (χ1n) is 10.0. The predicted octanol–water partition coefficient (Wildman–Crippen LogP) is 5.71. The minimum atomic E-state index is -0.618. The zero-order chi connectivity index (χ0) is 23.5. The van der Waals surface area contributed by atoms with Crippen molar-refractivity contribution in [3.63, 3.8) is 0 Å². The Morgan fingerprint density at radius 3 is 2.85 bits per heavy atom. The predicted molar refractivity (Wildman–Crippen MR) is 126 cm³/mol. The van der Waals surface area contributed by atoms with E-state index in [4.69, 9.17) is 9.72 Å². The van der Waals surface area contributed by atoms with Gasteiger partial charge in [0.25, 0.3) is 0 Å². The van der Waals surface area contributed by atoms with Crippen LogP contribution in [0.25, 0.3) is 11.3 Å². The maximum absolute atomic E-state index is 14.1. The van der Waals surface area contributed by atoms with E-state index in [1.165, 1.54) is 24.4 Å². The summed E-state index contributed by atoms with van der Waals surface area (Å²) in [6.07, 6.45) is 5.78. The van der Waals surface area contributed by atoms with Crippen molar-refractivity contribution in [3.8, 4) is 17.0 Å². The van der Waals surface area contributed by atoms with Crippen LogP contribution in [0.3, 0.4) is 0 Å². The minimum Gasteiger partial charge on any atom is -0.481 e. The summed E-state index contributed by atoms with van der Waals surface area (Å²) in [5, 5.41) is 16.5. The van der Waals surface area contributed by atoms with E-state index in [0.717, 1.165) is 27.7 Å². The number of pyridine rings is 1. The number of rotatable bonds is 8. The molecule has 3 aromatic heterocycles. The lowest BCUT2D eigenvalue weighted by Gasteiger charge is -2.12. The van der Waals surface area contributed by atoms with Crippen LogP contribution >= 0.6 is 27.3 Å². The van der Waals surface area contributed by atoms with E-state index in [-0.39, 0.29) is 12.4 Å². The molecule has 1 aromatic carbocycles. The Kier molecular flexibility index (Phi) is 6.80. The maximum atomic E-state index is 14.1. The molecule has 0 amide bonds. The second-order valence-electron chi connectivity index (χ2n) is 7.21. The van der Waals surface area contributed by atoms with E-state index in [0.29, 0.717) is 22.0 Å². The molecule has 8 nitrogen and oxygen atoms in total. The molecule has 0 saturated heterocycles. The standard InChI is InChI=1S/C22H19BrFN5O3S/c1-3-28-11-14(9-26-28)6-20-21(27-13(2)33-20)18-5-4-17(24)7-15(18)12-32-19-8-16(23)10-25-22(19)29(30)31/h4-5,7-11H,3,6,12H2,1-2H3. The molecule has 0 aliphatic heterocycles. The zero-order valence-corrected chi connectivity index (χ0v) is 20.2. The molecule has 0 saturated carbocycles. The van der Waals surface area contributed by atoms with Gasteiger partial charge in [0.15, 0.2) is 6.20 Å². The number of nitro groups is 1. The van der Waals surface area contributed by atoms with Gasteiger partial charge in [0.2, 0.25) is 5.75 Å². The molecule has 4 aromatic rings. The van der Waals surface area contributed by atoms with Crippen molar-refractivity contribution in [3.05, 3.63) is 84.3 Å². The van der Waals surface area contributed by atoms with Gasteiger partial charge in [0.1, 0.15) is 12.4 Å². The van der Waals surface area contributed by atoms with Crippen molar-refractivity contribution in [2.45, 2.75) is 33.4 Å². The summed E-state index contributed by atoms with van der Waals surface area (Å²) >= 11 is 4.81. The molecule has 0 spiro atoms. The van der Waals surface area contributed by atoms with E-state index >= 15 is 0 Å². The van der Waals surface area contributed by atoms with Crippen LogP contribution < -0.4 is 4.74 Å². The van der Waals surface area contributed by atoms with Gasteiger partial charge in [-0.1, -0.05) is 0 Å². The van der Waals surface area contributed by atoms with Crippen LogP contribution in [0.1, 0.15) is 27.9 Å². The fourth-order valence-electron chi connectivity index (χ4n) is 3.38. The summed E-state index contributed by atoms with van der Waals surface area (Å²) in [6, 6.07) is 5.86. The van der Waals surface area contributed by atoms with Gasteiger partial charge in [0, 0.05) is 41.2 Å². The molecule has 3 heterocycles. The van der Waals surface area contributed by atoms with Crippen molar-refractivity contribution < 1.29 is 14.1 Å². The highest BCUT2D eigenvalue weighted by Crippen LogP contribution is 2.34. The molecule has 0 atom stereocenters. The van der Waals surface area contributed by atoms with Gasteiger partial charge in [-0.05, 0) is 63.4 Å². The number of ether oxygens (including phenoxy) is 1. The summed E-state index contributed by atoms with van der Waals surface area (Å²) in [5.41, 5.74) is 3.03. The van der Waals surface area contributed by atoms with Crippen LogP contribution in [0.2, 0.25) is 0 Å². The number of thiazole rings is 1. The number of nitrogens with zero attached hydrogens (tertiary/aromatic N) is 5. The van der Waals surface area contributed by atoms with Crippen molar-refractivity contribution in [2.24, 2.45) is 0 Å². The Bertz CT molecular complexity index is 1320. The lowest BCUT2D eigenvalue weighted by molar-refractivity contribution is -0.390. The number of halogens is 2. The smallest absolute Gasteiger partial charge is 0.406 e. The molecule has 0 bridgehead atoms. The third-order valence-electron chi connectivity index (χ3n) is 4.86. The molecule has 0 N–H and O–H groups in total. The van der Waals surface area contributed by atoms with Crippen molar-refractivity contribution in [1.82, 2.24) is 19.7 Å². The van der Waals surface area contributed by atoms with Crippen molar-refractivity contribution >= 4 is 33.1 Å². The zero-order valence-electron chi connectivity index (χ0n) is 17.8. The summed E-state index contributed by atoms with van der Waals surface area (Å²) in [7, 11) is 0. The molecule has 33 heavy (non-hydrogen) atoms. The Labute approximate surface area is 201 Å². The van der Waals surface area contributed by atoms with Gasteiger partial charge in [-0.3, -0.25) is 4.68 Å². The van der Waals surface area contributed by atoms with Gasteiger partial charge in [0.05, 0.1) is 21.4 Å². The first-order chi connectivity index (χ1) is 15.8. The van der Waals surface area contributed by atoms with E-state index in [1.54, 1.807) is 17.4 Å². The molecule has 0 radical (unpaired) electrons. The van der Waals surface area contributed by atoms with E-state index in [2.05, 4.69) is 26.0 Å². The average molecular weight is 532 g/mol. The second-order valence-corrected chi connectivity index (χ2v) is 9.41. The van der Waals surface area contributed by atoms with Crippen LogP contribution in [0.4, 0.5) is 10.2 Å². The molecule has 11 heteroatoms. The molecule has 0 aliphatic carbocycles. The highest BCUT2D eigenvalue weighted by molar-refractivity contribution is 9.10. The fraction of sp³-hybridized carbons (Fsp3) is 0.227. The van der Waals surface area contributed by atoms with E-state index < -0.39 is 16.6 Å². The highest BCUT2D eigenvalue weighted by atomic mass is 79.9. The number of benzene rings is 1. The van der Waals surface area contributed by atoms with Crippen molar-refractivity contribution in [2.75, 3.05) is 0 Å². The number of aryl methyl sites for hydroxylation is 2.